The molecule has 19 heavy (non-hydrogen) atoms. The number of hydrogen-bond acceptors (Lipinski definition) is 2. The Morgan fingerprint density at radius 3 is 2.95 bits per heavy atom. The second-order valence-electron chi connectivity index (χ2n) is 4.76. The van der Waals surface area contributed by atoms with Gasteiger partial charge in [0.25, 0.3) is 0 Å². The van der Waals surface area contributed by atoms with E-state index in [0.29, 0.717) is 6.61 Å². The van der Waals surface area contributed by atoms with Crippen LogP contribution in [0.25, 0.3) is 0 Å². The highest BCUT2D eigenvalue weighted by Crippen LogP contribution is 2.41. The highest BCUT2D eigenvalue weighted by atomic mass is 79.9. The monoisotopic (exact) mass is 327 g/mol. The van der Waals surface area contributed by atoms with Crippen molar-refractivity contribution >= 4 is 27.7 Å². The summed E-state index contributed by atoms with van der Waals surface area (Å²) >= 11 is 3.49. The lowest BCUT2D eigenvalue weighted by Gasteiger charge is -2.34. The van der Waals surface area contributed by atoms with Gasteiger partial charge in [0.2, 0.25) is 0 Å². The number of nitrogens with zero attached hydrogens (tertiary/aromatic N) is 1. The van der Waals surface area contributed by atoms with Crippen LogP contribution in [0.4, 0.5) is 10.5 Å². The molecule has 0 unspecified atom stereocenters. The molecule has 1 heterocycles. The summed E-state index contributed by atoms with van der Waals surface area (Å²) in [5, 5.41) is 9.37. The largest absolute Gasteiger partial charge is 0.492 e. The number of anilines is 1. The first-order chi connectivity index (χ1) is 9.06. The van der Waals surface area contributed by atoms with Crippen molar-refractivity contribution in [1.82, 2.24) is 0 Å². The third kappa shape index (κ3) is 2.71. The minimum Gasteiger partial charge on any atom is -0.492 e. The molecule has 1 aromatic carbocycles. The standard InChI is InChI=1S/C14H18BrNO3/c1-3-8-19-13-10-5-4-9(2)16(14(17)18)12(10)7-6-11(13)15/h6-7,9H,3-5,8H2,1-2H3,(H,17,18)/t9-/m0/s1. The lowest BCUT2D eigenvalue weighted by molar-refractivity contribution is 0.198. The van der Waals surface area contributed by atoms with Crippen LogP contribution in [0.5, 0.6) is 5.75 Å². The molecule has 0 radical (unpaired) electrons. The van der Waals surface area contributed by atoms with Gasteiger partial charge in [-0.3, -0.25) is 4.90 Å². The average Bonchev–Trinajstić information content (AvgIpc) is 2.37. The van der Waals surface area contributed by atoms with Gasteiger partial charge in [-0.05, 0) is 54.2 Å². The molecule has 0 aliphatic carbocycles. The molecule has 1 N–H and O–H groups in total. The van der Waals surface area contributed by atoms with E-state index < -0.39 is 6.09 Å². The topological polar surface area (TPSA) is 49.8 Å². The Hall–Kier alpha value is -1.23. The average molecular weight is 328 g/mol. The Morgan fingerprint density at radius 2 is 2.32 bits per heavy atom. The van der Waals surface area contributed by atoms with Crippen LogP contribution in [-0.2, 0) is 6.42 Å². The summed E-state index contributed by atoms with van der Waals surface area (Å²) in [5.41, 5.74) is 1.74. The molecule has 2 rings (SSSR count). The number of carboxylic acid groups (broad SMARTS) is 1. The van der Waals surface area contributed by atoms with E-state index in [2.05, 4.69) is 22.9 Å². The lowest BCUT2D eigenvalue weighted by atomic mass is 9.96. The van der Waals surface area contributed by atoms with Crippen LogP contribution in [-0.4, -0.2) is 23.8 Å². The number of halogens is 1. The van der Waals surface area contributed by atoms with Crippen LogP contribution in [0, 0.1) is 0 Å². The molecule has 0 fully saturated rings. The van der Waals surface area contributed by atoms with E-state index in [1.54, 1.807) is 0 Å². The zero-order valence-corrected chi connectivity index (χ0v) is 12.7. The second kappa shape index (κ2) is 5.82. The number of amides is 1. The third-order valence-electron chi connectivity index (χ3n) is 3.36. The Labute approximate surface area is 121 Å². The van der Waals surface area contributed by atoms with E-state index in [1.165, 1.54) is 4.90 Å². The fraction of sp³-hybridized carbons (Fsp3) is 0.500. The van der Waals surface area contributed by atoms with E-state index >= 15 is 0 Å². The maximum Gasteiger partial charge on any atom is 0.412 e. The fourth-order valence-corrected chi connectivity index (χ4v) is 2.91. The molecule has 0 aromatic heterocycles. The minimum atomic E-state index is -0.905. The maximum absolute atomic E-state index is 11.4. The number of rotatable bonds is 3. The predicted octanol–water partition coefficient (Wildman–Crippen LogP) is 4.06. The Balaban J connectivity index is 2.46. The van der Waals surface area contributed by atoms with Crippen LogP contribution < -0.4 is 9.64 Å². The van der Waals surface area contributed by atoms with Crippen LogP contribution in [0.1, 0.15) is 32.3 Å². The molecule has 1 aromatic rings. The SMILES string of the molecule is CCCOc1c(Br)ccc2c1CC[C@H](C)N2C(=O)O. The summed E-state index contributed by atoms with van der Waals surface area (Å²) in [7, 11) is 0. The first-order valence-corrected chi connectivity index (χ1v) is 7.31. The van der Waals surface area contributed by atoms with Crippen molar-refractivity contribution in [2.45, 2.75) is 39.2 Å². The number of hydrogen-bond donors (Lipinski definition) is 1. The van der Waals surface area contributed by atoms with E-state index in [0.717, 1.165) is 40.7 Å². The number of benzene rings is 1. The van der Waals surface area contributed by atoms with Gasteiger partial charge in [-0.2, -0.15) is 0 Å². The van der Waals surface area contributed by atoms with E-state index in [9.17, 15) is 9.90 Å². The Morgan fingerprint density at radius 1 is 1.58 bits per heavy atom. The molecule has 1 atom stereocenters. The highest BCUT2D eigenvalue weighted by molar-refractivity contribution is 9.10. The highest BCUT2D eigenvalue weighted by Gasteiger charge is 2.30. The van der Waals surface area contributed by atoms with Crippen LogP contribution in [0.15, 0.2) is 16.6 Å². The predicted molar refractivity (Wildman–Crippen MR) is 78.2 cm³/mol. The van der Waals surface area contributed by atoms with Crippen molar-refractivity contribution in [2.24, 2.45) is 0 Å². The van der Waals surface area contributed by atoms with Gasteiger partial charge in [0.15, 0.2) is 0 Å². The first-order valence-electron chi connectivity index (χ1n) is 6.52. The molecule has 0 spiro atoms. The summed E-state index contributed by atoms with van der Waals surface area (Å²) in [6, 6.07) is 3.71. The summed E-state index contributed by atoms with van der Waals surface area (Å²) in [5.74, 6) is 0.789. The number of carbonyl (C=O) groups is 1. The zero-order valence-electron chi connectivity index (χ0n) is 11.1. The van der Waals surface area contributed by atoms with Gasteiger partial charge < -0.3 is 9.84 Å². The smallest absolute Gasteiger partial charge is 0.412 e. The number of ether oxygens (including phenoxy) is 1. The van der Waals surface area contributed by atoms with Gasteiger partial charge in [0, 0.05) is 11.6 Å². The van der Waals surface area contributed by atoms with E-state index in [1.807, 2.05) is 19.1 Å². The molecule has 1 aliphatic rings. The third-order valence-corrected chi connectivity index (χ3v) is 3.98. The van der Waals surface area contributed by atoms with Crippen LogP contribution in [0.2, 0.25) is 0 Å². The van der Waals surface area contributed by atoms with E-state index in [4.69, 9.17) is 4.74 Å². The first kappa shape index (κ1) is 14.2. The minimum absolute atomic E-state index is 0.00482. The van der Waals surface area contributed by atoms with Crippen molar-refractivity contribution in [3.8, 4) is 5.75 Å². The van der Waals surface area contributed by atoms with Gasteiger partial charge in [0.1, 0.15) is 5.75 Å². The molecule has 5 heteroatoms. The Bertz CT molecular complexity index is 490. The lowest BCUT2D eigenvalue weighted by Crippen LogP contribution is -2.41. The van der Waals surface area contributed by atoms with Crippen molar-refractivity contribution in [3.05, 3.63) is 22.2 Å². The molecule has 1 amide bonds. The Kier molecular flexibility index (Phi) is 4.34. The van der Waals surface area contributed by atoms with Gasteiger partial charge >= 0.3 is 6.09 Å². The van der Waals surface area contributed by atoms with Gasteiger partial charge in [-0.1, -0.05) is 6.92 Å². The van der Waals surface area contributed by atoms with Crippen LogP contribution in [0.3, 0.4) is 0 Å². The summed E-state index contributed by atoms with van der Waals surface area (Å²) in [6.45, 7) is 4.62. The van der Waals surface area contributed by atoms with Gasteiger partial charge in [-0.15, -0.1) is 0 Å². The van der Waals surface area contributed by atoms with Crippen molar-refractivity contribution in [2.75, 3.05) is 11.5 Å². The summed E-state index contributed by atoms with van der Waals surface area (Å²) in [6.07, 6.45) is 1.68. The second-order valence-corrected chi connectivity index (χ2v) is 5.62. The van der Waals surface area contributed by atoms with Crippen molar-refractivity contribution in [3.63, 3.8) is 0 Å². The molecular formula is C14H18BrNO3. The molecule has 104 valence electrons. The quantitative estimate of drug-likeness (QED) is 0.910. The molecule has 1 aliphatic heterocycles. The molecule has 4 nitrogen and oxygen atoms in total. The van der Waals surface area contributed by atoms with Crippen molar-refractivity contribution < 1.29 is 14.6 Å². The maximum atomic E-state index is 11.4. The molecular weight excluding hydrogens is 310 g/mol. The summed E-state index contributed by atoms with van der Waals surface area (Å²) in [4.78, 5) is 12.8. The molecule has 0 saturated heterocycles. The summed E-state index contributed by atoms with van der Waals surface area (Å²) < 4.78 is 6.67. The van der Waals surface area contributed by atoms with Crippen LogP contribution >= 0.6 is 15.9 Å². The number of fused-ring (bicyclic) bond motifs is 1. The van der Waals surface area contributed by atoms with Gasteiger partial charge in [-0.25, -0.2) is 4.79 Å². The zero-order chi connectivity index (χ0) is 14.0. The van der Waals surface area contributed by atoms with Gasteiger partial charge in [0.05, 0.1) is 16.8 Å². The fourth-order valence-electron chi connectivity index (χ4n) is 2.43. The molecule has 0 saturated carbocycles. The normalized spacial score (nSPS) is 18.1. The van der Waals surface area contributed by atoms with Crippen molar-refractivity contribution in [1.29, 1.82) is 0 Å². The van der Waals surface area contributed by atoms with E-state index in [-0.39, 0.29) is 6.04 Å². The molecule has 0 bridgehead atoms.